The van der Waals surface area contributed by atoms with E-state index in [2.05, 4.69) is 4.74 Å². The van der Waals surface area contributed by atoms with E-state index in [1.807, 2.05) is 0 Å². The van der Waals surface area contributed by atoms with Crippen LogP contribution in [0.3, 0.4) is 0 Å². The van der Waals surface area contributed by atoms with Gasteiger partial charge in [-0.25, -0.2) is 8.78 Å². The molecule has 0 heterocycles. The lowest BCUT2D eigenvalue weighted by Crippen LogP contribution is -2.35. The minimum Gasteiger partial charge on any atom is -0.378 e. The second kappa shape index (κ2) is 3.83. The molecule has 0 aromatic heterocycles. The maximum Gasteiger partial charge on any atom is 0.283 e. The Bertz CT molecular complexity index is 95.7. The van der Waals surface area contributed by atoms with E-state index in [0.29, 0.717) is 0 Å². The number of halogens is 2. The van der Waals surface area contributed by atoms with Crippen molar-refractivity contribution < 1.29 is 13.5 Å². The van der Waals surface area contributed by atoms with Crippen LogP contribution in [0.4, 0.5) is 8.78 Å². The normalized spacial score (nSPS) is 12.6. The van der Waals surface area contributed by atoms with E-state index in [0.717, 1.165) is 0 Å². The van der Waals surface area contributed by atoms with Crippen molar-refractivity contribution in [3.63, 3.8) is 0 Å². The van der Waals surface area contributed by atoms with E-state index in [1.54, 1.807) is 14.1 Å². The van der Waals surface area contributed by atoms with E-state index < -0.39 is 12.5 Å². The standard InChI is InChI=1S/C6H13F2NO/c1-9(2)4-6(7,8)5-10-3/h4-5H2,1-3H3. The van der Waals surface area contributed by atoms with Crippen LogP contribution < -0.4 is 0 Å². The lowest BCUT2D eigenvalue weighted by Gasteiger charge is -2.19. The minimum atomic E-state index is -2.72. The number of rotatable bonds is 4. The first kappa shape index (κ1) is 9.78. The highest BCUT2D eigenvalue weighted by atomic mass is 19.3. The predicted molar refractivity (Wildman–Crippen MR) is 35.4 cm³/mol. The van der Waals surface area contributed by atoms with Gasteiger partial charge in [-0.05, 0) is 14.1 Å². The van der Waals surface area contributed by atoms with Crippen molar-refractivity contribution in [1.82, 2.24) is 4.90 Å². The van der Waals surface area contributed by atoms with Crippen LogP contribution in [0.5, 0.6) is 0 Å². The Hall–Kier alpha value is -0.220. The summed E-state index contributed by atoms with van der Waals surface area (Å²) in [6, 6.07) is 0. The molecular formula is C6H13F2NO. The van der Waals surface area contributed by atoms with Gasteiger partial charge in [0.05, 0.1) is 6.54 Å². The molecule has 0 fully saturated rings. The highest BCUT2D eigenvalue weighted by Gasteiger charge is 2.29. The molecule has 0 aliphatic rings. The quantitative estimate of drug-likeness (QED) is 0.593. The monoisotopic (exact) mass is 153 g/mol. The van der Waals surface area contributed by atoms with Crippen molar-refractivity contribution in [2.24, 2.45) is 0 Å². The minimum absolute atomic E-state index is 0.263. The number of methoxy groups -OCH3 is 1. The van der Waals surface area contributed by atoms with Crippen LogP contribution in [0, 0.1) is 0 Å². The Morgan fingerprint density at radius 1 is 1.40 bits per heavy atom. The van der Waals surface area contributed by atoms with Gasteiger partial charge in [-0.2, -0.15) is 0 Å². The highest BCUT2D eigenvalue weighted by Crippen LogP contribution is 2.13. The van der Waals surface area contributed by atoms with Gasteiger partial charge in [0.2, 0.25) is 0 Å². The first-order valence-electron chi connectivity index (χ1n) is 2.99. The Balaban J connectivity index is 3.63. The van der Waals surface area contributed by atoms with Gasteiger partial charge in [-0.1, -0.05) is 0 Å². The predicted octanol–water partition coefficient (Wildman–Crippen LogP) is 0.830. The fourth-order valence-electron chi connectivity index (χ4n) is 0.719. The summed E-state index contributed by atoms with van der Waals surface area (Å²) in [7, 11) is 4.47. The first-order chi connectivity index (χ1) is 4.48. The zero-order valence-electron chi connectivity index (χ0n) is 6.53. The maximum absolute atomic E-state index is 12.5. The molecule has 0 aliphatic heterocycles. The second-order valence-corrected chi connectivity index (χ2v) is 2.53. The van der Waals surface area contributed by atoms with E-state index >= 15 is 0 Å². The van der Waals surface area contributed by atoms with E-state index in [1.165, 1.54) is 12.0 Å². The summed E-state index contributed by atoms with van der Waals surface area (Å²) >= 11 is 0. The van der Waals surface area contributed by atoms with Crippen molar-refractivity contribution in [1.29, 1.82) is 0 Å². The highest BCUT2D eigenvalue weighted by molar-refractivity contribution is 4.67. The van der Waals surface area contributed by atoms with Crippen LogP contribution in [-0.4, -0.2) is 45.2 Å². The summed E-state index contributed by atoms with van der Waals surface area (Å²) in [5.41, 5.74) is 0. The van der Waals surface area contributed by atoms with Crippen LogP contribution in [0.15, 0.2) is 0 Å². The van der Waals surface area contributed by atoms with Gasteiger partial charge < -0.3 is 9.64 Å². The second-order valence-electron chi connectivity index (χ2n) is 2.53. The molecule has 0 aromatic rings. The van der Waals surface area contributed by atoms with Crippen LogP contribution in [0.2, 0.25) is 0 Å². The average Bonchev–Trinajstić information content (AvgIpc) is 1.59. The van der Waals surface area contributed by atoms with Gasteiger partial charge in [0.15, 0.2) is 0 Å². The lowest BCUT2D eigenvalue weighted by atomic mass is 10.3. The molecule has 2 nitrogen and oxygen atoms in total. The lowest BCUT2D eigenvalue weighted by molar-refractivity contribution is -0.0774. The van der Waals surface area contributed by atoms with Crippen LogP contribution >= 0.6 is 0 Å². The van der Waals surface area contributed by atoms with Gasteiger partial charge in [-0.15, -0.1) is 0 Å². The van der Waals surface area contributed by atoms with E-state index in [9.17, 15) is 8.78 Å². The van der Waals surface area contributed by atoms with E-state index in [-0.39, 0.29) is 6.54 Å². The summed E-state index contributed by atoms with van der Waals surface area (Å²) < 4.78 is 29.3. The van der Waals surface area contributed by atoms with Gasteiger partial charge >= 0.3 is 0 Å². The Kier molecular flexibility index (Phi) is 3.75. The molecule has 0 radical (unpaired) electrons. The summed E-state index contributed by atoms with van der Waals surface area (Å²) in [5.74, 6) is -2.72. The first-order valence-corrected chi connectivity index (χ1v) is 2.99. The van der Waals surface area contributed by atoms with Crippen LogP contribution in [0.25, 0.3) is 0 Å². The smallest absolute Gasteiger partial charge is 0.283 e. The van der Waals surface area contributed by atoms with Crippen molar-refractivity contribution in [2.45, 2.75) is 5.92 Å². The summed E-state index contributed by atoms with van der Waals surface area (Å²) in [5, 5.41) is 0. The topological polar surface area (TPSA) is 12.5 Å². The molecule has 10 heavy (non-hydrogen) atoms. The average molecular weight is 153 g/mol. The SMILES string of the molecule is COCC(F)(F)CN(C)C. The Morgan fingerprint density at radius 3 is 2.20 bits per heavy atom. The third-order valence-electron chi connectivity index (χ3n) is 0.903. The molecule has 0 saturated carbocycles. The van der Waals surface area contributed by atoms with Crippen molar-refractivity contribution in [3.05, 3.63) is 0 Å². The molecule has 62 valence electrons. The summed E-state index contributed by atoms with van der Waals surface area (Å²) in [6.07, 6.45) is 0. The zero-order valence-corrected chi connectivity index (χ0v) is 6.53. The molecule has 0 aliphatic carbocycles. The fraction of sp³-hybridized carbons (Fsp3) is 1.00. The van der Waals surface area contributed by atoms with Crippen LogP contribution in [-0.2, 0) is 4.74 Å². The van der Waals surface area contributed by atoms with Crippen molar-refractivity contribution in [3.8, 4) is 0 Å². The molecule has 0 aromatic carbocycles. The number of hydrogen-bond donors (Lipinski definition) is 0. The summed E-state index contributed by atoms with van der Waals surface area (Å²) in [4.78, 5) is 1.43. The molecule has 0 N–H and O–H groups in total. The van der Waals surface area contributed by atoms with E-state index in [4.69, 9.17) is 0 Å². The van der Waals surface area contributed by atoms with Crippen molar-refractivity contribution in [2.75, 3.05) is 34.4 Å². The Morgan fingerprint density at radius 2 is 1.90 bits per heavy atom. The fourth-order valence-corrected chi connectivity index (χ4v) is 0.719. The third-order valence-corrected chi connectivity index (χ3v) is 0.903. The molecule has 0 bridgehead atoms. The van der Waals surface area contributed by atoms with Crippen LogP contribution in [0.1, 0.15) is 0 Å². The molecule has 0 unspecified atom stereocenters. The number of hydrogen-bond acceptors (Lipinski definition) is 2. The summed E-state index contributed by atoms with van der Waals surface area (Å²) in [6.45, 7) is -0.772. The molecule has 0 atom stereocenters. The van der Waals surface area contributed by atoms with Crippen molar-refractivity contribution >= 4 is 0 Å². The van der Waals surface area contributed by atoms with Gasteiger partial charge in [0, 0.05) is 7.11 Å². The molecule has 0 amide bonds. The Labute approximate surface area is 59.8 Å². The molecule has 0 saturated heterocycles. The van der Waals surface area contributed by atoms with Gasteiger partial charge in [-0.3, -0.25) is 0 Å². The number of ether oxygens (including phenoxy) is 1. The zero-order chi connectivity index (χ0) is 8.20. The van der Waals surface area contributed by atoms with Gasteiger partial charge in [0.1, 0.15) is 6.61 Å². The maximum atomic E-state index is 12.5. The van der Waals surface area contributed by atoms with Gasteiger partial charge in [0.25, 0.3) is 5.92 Å². The number of alkyl halides is 2. The third kappa shape index (κ3) is 4.64. The molecule has 4 heteroatoms. The molecule has 0 spiro atoms. The largest absolute Gasteiger partial charge is 0.378 e. The molecule has 0 rings (SSSR count). The number of nitrogens with zero attached hydrogens (tertiary/aromatic N) is 1. The molecular weight excluding hydrogens is 140 g/mol.